The molecule has 190 valence electrons. The average molecular weight is 510 g/mol. The summed E-state index contributed by atoms with van der Waals surface area (Å²) in [5, 5.41) is 1.89. The summed E-state index contributed by atoms with van der Waals surface area (Å²) in [7, 11) is 1.60. The fraction of sp³-hybridized carbons (Fsp3) is 0.357. The molecule has 2 heterocycles. The third kappa shape index (κ3) is 4.93. The first-order chi connectivity index (χ1) is 17.2. The summed E-state index contributed by atoms with van der Waals surface area (Å²) in [5.74, 6) is 1.80. The summed E-state index contributed by atoms with van der Waals surface area (Å²) < 4.78 is 19.2. The number of benzene rings is 2. The zero-order chi connectivity index (χ0) is 26.0. The maximum absolute atomic E-state index is 13.5. The van der Waals surface area contributed by atoms with Crippen LogP contribution in [-0.2, 0) is 11.3 Å². The highest BCUT2D eigenvalue weighted by Crippen LogP contribution is 2.43. The Kier molecular flexibility index (Phi) is 7.31. The van der Waals surface area contributed by atoms with Gasteiger partial charge in [-0.3, -0.25) is 0 Å². The van der Waals surface area contributed by atoms with Gasteiger partial charge in [-0.1, -0.05) is 41.9 Å². The predicted molar refractivity (Wildman–Crippen MR) is 145 cm³/mol. The Labute approximate surface area is 216 Å². The molecule has 0 atom stereocenters. The van der Waals surface area contributed by atoms with Crippen molar-refractivity contribution < 1.29 is 19.0 Å². The monoisotopic (exact) mass is 509 g/mol. The third-order valence-electron chi connectivity index (χ3n) is 5.88. The van der Waals surface area contributed by atoms with Crippen molar-refractivity contribution in [1.82, 2.24) is 9.55 Å². The smallest absolute Gasteiger partial charge is 0.419 e. The quantitative estimate of drug-likeness (QED) is 0.265. The number of ether oxygens (including phenoxy) is 3. The number of aromatic nitrogens is 2. The Morgan fingerprint density at radius 3 is 2.39 bits per heavy atom. The lowest BCUT2D eigenvalue weighted by Gasteiger charge is -2.22. The zero-order valence-electron chi connectivity index (χ0n) is 21.6. The standard InChI is InChI=1S/C28H32ClN3O4/c1-7-31(8-2)26-24-19-14-22(34-6)23(35-17-18-12-10-9-11-13-18)15-21(19)32(25(24)20(29)16-30-26)27(33)36-28(3,4)5/h9-16H,7-8,17H2,1-6H3. The Morgan fingerprint density at radius 1 is 1.08 bits per heavy atom. The zero-order valence-corrected chi connectivity index (χ0v) is 22.3. The number of hydrogen-bond acceptors (Lipinski definition) is 6. The van der Waals surface area contributed by atoms with Crippen molar-refractivity contribution >= 4 is 45.3 Å². The molecule has 0 N–H and O–H groups in total. The van der Waals surface area contributed by atoms with Crippen LogP contribution in [0.4, 0.5) is 10.6 Å². The Bertz CT molecular complexity index is 1390. The summed E-state index contributed by atoms with van der Waals surface area (Å²) in [6.07, 6.45) is 1.06. The summed E-state index contributed by atoms with van der Waals surface area (Å²) in [6, 6.07) is 13.6. The molecule has 0 spiro atoms. The number of fused-ring (bicyclic) bond motifs is 3. The van der Waals surface area contributed by atoms with Crippen LogP contribution in [-0.4, -0.2) is 41.4 Å². The number of hydrogen-bond donors (Lipinski definition) is 0. The normalized spacial score (nSPS) is 11.6. The molecule has 7 nitrogen and oxygen atoms in total. The lowest BCUT2D eigenvalue weighted by molar-refractivity contribution is 0.0551. The van der Waals surface area contributed by atoms with Crippen LogP contribution in [0.25, 0.3) is 21.8 Å². The maximum atomic E-state index is 13.5. The van der Waals surface area contributed by atoms with Gasteiger partial charge in [0.1, 0.15) is 18.0 Å². The van der Waals surface area contributed by atoms with Gasteiger partial charge in [0.25, 0.3) is 0 Å². The minimum absolute atomic E-state index is 0.350. The van der Waals surface area contributed by atoms with Gasteiger partial charge < -0.3 is 19.1 Å². The number of nitrogens with zero attached hydrogens (tertiary/aromatic N) is 3. The van der Waals surface area contributed by atoms with E-state index in [2.05, 4.69) is 23.7 Å². The van der Waals surface area contributed by atoms with Crippen LogP contribution < -0.4 is 14.4 Å². The average Bonchev–Trinajstić information content (AvgIpc) is 3.19. The van der Waals surface area contributed by atoms with Gasteiger partial charge in [-0.15, -0.1) is 0 Å². The molecular formula is C28H32ClN3O4. The summed E-state index contributed by atoms with van der Waals surface area (Å²) in [4.78, 5) is 20.3. The van der Waals surface area contributed by atoms with Crippen molar-refractivity contribution in [3.05, 3.63) is 59.2 Å². The molecule has 36 heavy (non-hydrogen) atoms. The molecule has 0 aliphatic rings. The third-order valence-corrected chi connectivity index (χ3v) is 6.16. The second-order valence-electron chi connectivity index (χ2n) is 9.44. The van der Waals surface area contributed by atoms with Crippen molar-refractivity contribution in [1.29, 1.82) is 0 Å². The Balaban J connectivity index is 2.01. The fourth-order valence-electron chi connectivity index (χ4n) is 4.26. The number of anilines is 1. The minimum atomic E-state index is -0.694. The molecule has 4 rings (SSSR count). The van der Waals surface area contributed by atoms with Gasteiger partial charge in [-0.05, 0) is 46.2 Å². The molecule has 2 aromatic carbocycles. The molecule has 0 saturated heterocycles. The van der Waals surface area contributed by atoms with Crippen molar-refractivity contribution in [2.75, 3.05) is 25.1 Å². The number of pyridine rings is 1. The molecule has 0 aliphatic carbocycles. The highest BCUT2D eigenvalue weighted by atomic mass is 35.5. The van der Waals surface area contributed by atoms with Crippen LogP contribution in [0, 0.1) is 0 Å². The minimum Gasteiger partial charge on any atom is -0.493 e. The van der Waals surface area contributed by atoms with Crippen LogP contribution in [0.1, 0.15) is 40.2 Å². The van der Waals surface area contributed by atoms with E-state index in [9.17, 15) is 4.79 Å². The van der Waals surface area contributed by atoms with Crippen LogP contribution >= 0.6 is 11.6 Å². The van der Waals surface area contributed by atoms with Gasteiger partial charge >= 0.3 is 6.09 Å². The summed E-state index contributed by atoms with van der Waals surface area (Å²) in [6.45, 7) is 11.5. The van der Waals surface area contributed by atoms with Gasteiger partial charge in [0.15, 0.2) is 11.5 Å². The first-order valence-electron chi connectivity index (χ1n) is 12.0. The van der Waals surface area contributed by atoms with E-state index < -0.39 is 11.7 Å². The predicted octanol–water partition coefficient (Wildman–Crippen LogP) is 7.06. The number of methoxy groups -OCH3 is 1. The molecular weight excluding hydrogens is 478 g/mol. The van der Waals surface area contributed by atoms with Crippen molar-refractivity contribution in [3.8, 4) is 11.5 Å². The van der Waals surface area contributed by atoms with E-state index in [-0.39, 0.29) is 0 Å². The lowest BCUT2D eigenvalue weighted by Crippen LogP contribution is -2.27. The van der Waals surface area contributed by atoms with Gasteiger partial charge in [0, 0.05) is 24.5 Å². The molecule has 0 unspecified atom stereocenters. The molecule has 0 amide bonds. The fourth-order valence-corrected chi connectivity index (χ4v) is 4.49. The molecule has 0 aliphatic heterocycles. The maximum Gasteiger partial charge on any atom is 0.419 e. The summed E-state index contributed by atoms with van der Waals surface area (Å²) in [5.41, 5.74) is 1.47. The second kappa shape index (κ2) is 10.3. The molecule has 8 heteroatoms. The van der Waals surface area contributed by atoms with E-state index in [1.165, 1.54) is 4.57 Å². The van der Waals surface area contributed by atoms with E-state index in [1.807, 2.05) is 63.2 Å². The van der Waals surface area contributed by atoms with Crippen molar-refractivity contribution in [2.24, 2.45) is 0 Å². The second-order valence-corrected chi connectivity index (χ2v) is 9.84. The van der Waals surface area contributed by atoms with Gasteiger partial charge in [-0.2, -0.15) is 0 Å². The van der Waals surface area contributed by atoms with E-state index in [1.54, 1.807) is 13.3 Å². The van der Waals surface area contributed by atoms with Crippen LogP contribution in [0.3, 0.4) is 0 Å². The Hall–Kier alpha value is -3.45. The molecule has 4 aromatic rings. The molecule has 2 aromatic heterocycles. The van der Waals surface area contributed by atoms with Crippen LogP contribution in [0.5, 0.6) is 11.5 Å². The number of carbonyl (C=O) groups is 1. The van der Waals surface area contributed by atoms with Crippen molar-refractivity contribution in [2.45, 2.75) is 46.8 Å². The van der Waals surface area contributed by atoms with E-state index >= 15 is 0 Å². The van der Waals surface area contributed by atoms with E-state index in [0.29, 0.717) is 34.2 Å². The molecule has 0 radical (unpaired) electrons. The first-order valence-corrected chi connectivity index (χ1v) is 12.4. The highest BCUT2D eigenvalue weighted by molar-refractivity contribution is 6.37. The SMILES string of the molecule is CCN(CC)c1ncc(Cl)c2c1c1cc(OC)c(OCc3ccccc3)cc1n2C(=O)OC(C)(C)C. The number of rotatable bonds is 7. The van der Waals surface area contributed by atoms with Gasteiger partial charge in [-0.25, -0.2) is 14.3 Å². The van der Waals surface area contributed by atoms with E-state index in [4.69, 9.17) is 25.8 Å². The lowest BCUT2D eigenvalue weighted by atomic mass is 10.1. The first kappa shape index (κ1) is 25.6. The number of carbonyl (C=O) groups excluding carboxylic acids is 1. The molecule has 0 bridgehead atoms. The topological polar surface area (TPSA) is 65.8 Å². The van der Waals surface area contributed by atoms with Crippen LogP contribution in [0.15, 0.2) is 48.7 Å². The highest BCUT2D eigenvalue weighted by Gasteiger charge is 2.28. The molecule has 0 saturated carbocycles. The van der Waals surface area contributed by atoms with Gasteiger partial charge in [0.05, 0.1) is 34.7 Å². The number of halogens is 1. The Morgan fingerprint density at radius 2 is 1.78 bits per heavy atom. The molecule has 0 fully saturated rings. The van der Waals surface area contributed by atoms with E-state index in [0.717, 1.165) is 35.2 Å². The van der Waals surface area contributed by atoms with Crippen molar-refractivity contribution in [3.63, 3.8) is 0 Å². The van der Waals surface area contributed by atoms with Crippen LogP contribution in [0.2, 0.25) is 5.02 Å². The van der Waals surface area contributed by atoms with Gasteiger partial charge in [0.2, 0.25) is 0 Å². The summed E-state index contributed by atoms with van der Waals surface area (Å²) >= 11 is 6.69. The largest absolute Gasteiger partial charge is 0.493 e.